The number of rotatable bonds is 7. The number of aryl methyl sites for hydroxylation is 1. The Bertz CT molecular complexity index is 1230. The number of para-hydroxylation sites is 2. The summed E-state index contributed by atoms with van der Waals surface area (Å²) in [5.74, 6) is 0.952. The van der Waals surface area contributed by atoms with Gasteiger partial charge in [0.05, 0.1) is 17.2 Å². The number of anilines is 1. The molecule has 0 saturated carbocycles. The standard InChI is InChI=1S/C23H26N4O5S/c1-3-31-21-10-5-4-9-20(21)25-23(28)17-11-13-27(14-12-17)33(29,30)19-8-6-7-18(15-19)22-24-16(2)32-26-22/h4-10,15,17H,3,11-14H2,1-2H3,(H,25,28). The molecule has 1 aliphatic rings. The van der Waals surface area contributed by atoms with Crippen LogP contribution in [0.2, 0.25) is 0 Å². The number of hydrogen-bond donors (Lipinski definition) is 1. The summed E-state index contributed by atoms with van der Waals surface area (Å²) in [4.78, 5) is 17.1. The van der Waals surface area contributed by atoms with E-state index in [4.69, 9.17) is 9.26 Å². The molecule has 174 valence electrons. The van der Waals surface area contributed by atoms with Crippen molar-refractivity contribution in [2.45, 2.75) is 31.6 Å². The average Bonchev–Trinajstić information content (AvgIpc) is 3.27. The van der Waals surface area contributed by atoms with E-state index >= 15 is 0 Å². The molecule has 9 nitrogen and oxygen atoms in total. The fraction of sp³-hybridized carbons (Fsp3) is 0.348. The summed E-state index contributed by atoms with van der Waals surface area (Å²) in [5, 5.41) is 6.78. The van der Waals surface area contributed by atoms with E-state index in [0.29, 0.717) is 48.2 Å². The second-order valence-corrected chi connectivity index (χ2v) is 9.70. The van der Waals surface area contributed by atoms with Gasteiger partial charge in [-0.1, -0.05) is 29.4 Å². The molecule has 0 radical (unpaired) electrons. The maximum Gasteiger partial charge on any atom is 0.243 e. The molecule has 1 amide bonds. The Morgan fingerprint density at radius 3 is 2.64 bits per heavy atom. The fourth-order valence-corrected chi connectivity index (χ4v) is 5.32. The van der Waals surface area contributed by atoms with Crippen LogP contribution < -0.4 is 10.1 Å². The van der Waals surface area contributed by atoms with E-state index in [0.717, 1.165) is 0 Å². The number of carbonyl (C=O) groups is 1. The Morgan fingerprint density at radius 2 is 1.94 bits per heavy atom. The van der Waals surface area contributed by atoms with Gasteiger partial charge in [0.25, 0.3) is 0 Å². The lowest BCUT2D eigenvalue weighted by molar-refractivity contribution is -0.120. The second kappa shape index (κ2) is 9.72. The van der Waals surface area contributed by atoms with Crippen LogP contribution in [0.3, 0.4) is 0 Å². The van der Waals surface area contributed by atoms with E-state index in [-0.39, 0.29) is 29.8 Å². The van der Waals surface area contributed by atoms with Gasteiger partial charge in [-0.25, -0.2) is 8.42 Å². The number of carbonyl (C=O) groups excluding carboxylic acids is 1. The highest BCUT2D eigenvalue weighted by atomic mass is 32.2. The zero-order chi connectivity index (χ0) is 23.4. The first kappa shape index (κ1) is 22.9. The molecule has 10 heteroatoms. The van der Waals surface area contributed by atoms with Crippen LogP contribution in [0.4, 0.5) is 5.69 Å². The van der Waals surface area contributed by atoms with E-state index in [1.54, 1.807) is 43.3 Å². The molecule has 1 fully saturated rings. The Balaban J connectivity index is 1.42. The van der Waals surface area contributed by atoms with E-state index in [1.165, 1.54) is 4.31 Å². The van der Waals surface area contributed by atoms with Gasteiger partial charge in [-0.05, 0) is 44.0 Å². The van der Waals surface area contributed by atoms with Crippen molar-refractivity contribution in [3.63, 3.8) is 0 Å². The van der Waals surface area contributed by atoms with Crippen LogP contribution in [0.15, 0.2) is 57.9 Å². The van der Waals surface area contributed by atoms with Crippen LogP contribution >= 0.6 is 0 Å². The van der Waals surface area contributed by atoms with Crippen molar-refractivity contribution in [3.8, 4) is 17.1 Å². The minimum atomic E-state index is -3.71. The molecule has 0 atom stereocenters. The van der Waals surface area contributed by atoms with E-state index in [2.05, 4.69) is 15.5 Å². The smallest absolute Gasteiger partial charge is 0.243 e. The molecule has 1 saturated heterocycles. The lowest BCUT2D eigenvalue weighted by Gasteiger charge is -2.30. The number of nitrogens with zero attached hydrogens (tertiary/aromatic N) is 3. The summed E-state index contributed by atoms with van der Waals surface area (Å²) in [7, 11) is -3.71. The molecule has 2 aromatic carbocycles. The third-order valence-electron chi connectivity index (χ3n) is 5.53. The van der Waals surface area contributed by atoms with Gasteiger partial charge in [0.15, 0.2) is 0 Å². The van der Waals surface area contributed by atoms with Gasteiger partial charge in [-0.3, -0.25) is 4.79 Å². The summed E-state index contributed by atoms with van der Waals surface area (Å²) in [5.41, 5.74) is 1.18. The first-order valence-corrected chi connectivity index (χ1v) is 12.3. The van der Waals surface area contributed by atoms with Crippen molar-refractivity contribution in [2.75, 3.05) is 25.0 Å². The summed E-state index contributed by atoms with van der Waals surface area (Å²) in [6, 6.07) is 13.8. The molecule has 1 aliphatic heterocycles. The SMILES string of the molecule is CCOc1ccccc1NC(=O)C1CCN(S(=O)(=O)c2cccc(-c3noc(C)n3)c2)CC1. The number of nitrogens with one attached hydrogen (secondary N) is 1. The average molecular weight is 471 g/mol. The molecular formula is C23H26N4O5S. The zero-order valence-corrected chi connectivity index (χ0v) is 19.3. The van der Waals surface area contributed by atoms with Gasteiger partial charge in [0.2, 0.25) is 27.6 Å². The van der Waals surface area contributed by atoms with Crippen molar-refractivity contribution >= 4 is 21.6 Å². The van der Waals surface area contributed by atoms with Gasteiger partial charge >= 0.3 is 0 Å². The number of benzene rings is 2. The molecular weight excluding hydrogens is 444 g/mol. The van der Waals surface area contributed by atoms with Crippen molar-refractivity contribution in [1.82, 2.24) is 14.4 Å². The van der Waals surface area contributed by atoms with Gasteiger partial charge in [-0.15, -0.1) is 0 Å². The van der Waals surface area contributed by atoms with E-state index in [9.17, 15) is 13.2 Å². The monoisotopic (exact) mass is 470 g/mol. The first-order chi connectivity index (χ1) is 15.9. The van der Waals surface area contributed by atoms with Gasteiger partial charge < -0.3 is 14.6 Å². The van der Waals surface area contributed by atoms with Gasteiger partial charge in [0, 0.05) is 31.5 Å². The van der Waals surface area contributed by atoms with E-state index in [1.807, 2.05) is 19.1 Å². The highest BCUT2D eigenvalue weighted by Gasteiger charge is 2.32. The topological polar surface area (TPSA) is 115 Å². The van der Waals surface area contributed by atoms with Crippen LogP contribution in [0, 0.1) is 12.8 Å². The predicted octanol–water partition coefficient (Wildman–Crippen LogP) is 3.48. The third-order valence-corrected chi connectivity index (χ3v) is 7.42. The molecule has 0 spiro atoms. The summed E-state index contributed by atoms with van der Waals surface area (Å²) >= 11 is 0. The lowest BCUT2D eigenvalue weighted by Crippen LogP contribution is -2.41. The quantitative estimate of drug-likeness (QED) is 0.562. The predicted molar refractivity (Wildman–Crippen MR) is 122 cm³/mol. The van der Waals surface area contributed by atoms with Crippen LogP contribution in [0.25, 0.3) is 11.4 Å². The maximum atomic E-state index is 13.2. The highest BCUT2D eigenvalue weighted by Crippen LogP contribution is 2.29. The van der Waals surface area contributed by atoms with Crippen LogP contribution in [0.1, 0.15) is 25.7 Å². The summed E-state index contributed by atoms with van der Waals surface area (Å²) in [6.07, 6.45) is 0.872. The van der Waals surface area contributed by atoms with Crippen LogP contribution in [-0.4, -0.2) is 48.5 Å². The fourth-order valence-electron chi connectivity index (χ4n) is 3.81. The molecule has 0 bridgehead atoms. The van der Waals surface area contributed by atoms with Crippen LogP contribution in [0.5, 0.6) is 5.75 Å². The van der Waals surface area contributed by atoms with Crippen molar-refractivity contribution in [3.05, 3.63) is 54.4 Å². The summed E-state index contributed by atoms with van der Waals surface area (Å²) in [6.45, 7) is 4.58. The highest BCUT2D eigenvalue weighted by molar-refractivity contribution is 7.89. The molecule has 33 heavy (non-hydrogen) atoms. The largest absolute Gasteiger partial charge is 0.492 e. The molecule has 0 aliphatic carbocycles. The second-order valence-electron chi connectivity index (χ2n) is 7.76. The molecule has 3 aromatic rings. The third kappa shape index (κ3) is 5.07. The number of sulfonamides is 1. The minimum Gasteiger partial charge on any atom is -0.492 e. The number of ether oxygens (including phenoxy) is 1. The maximum absolute atomic E-state index is 13.2. The molecule has 4 rings (SSSR count). The normalized spacial score (nSPS) is 15.3. The Kier molecular flexibility index (Phi) is 6.75. The zero-order valence-electron chi connectivity index (χ0n) is 18.5. The van der Waals surface area contributed by atoms with Crippen molar-refractivity contribution in [2.24, 2.45) is 5.92 Å². The molecule has 0 unspecified atom stereocenters. The molecule has 2 heterocycles. The van der Waals surface area contributed by atoms with Gasteiger partial charge in [-0.2, -0.15) is 9.29 Å². The minimum absolute atomic E-state index is 0.131. The lowest BCUT2D eigenvalue weighted by atomic mass is 9.97. The number of amides is 1. The van der Waals surface area contributed by atoms with E-state index < -0.39 is 10.0 Å². The van der Waals surface area contributed by atoms with Gasteiger partial charge in [0.1, 0.15) is 5.75 Å². The Labute approximate surface area is 192 Å². The Morgan fingerprint density at radius 1 is 1.18 bits per heavy atom. The number of hydrogen-bond acceptors (Lipinski definition) is 7. The summed E-state index contributed by atoms with van der Waals surface area (Å²) < 4.78 is 38.4. The molecule has 1 aromatic heterocycles. The Hall–Kier alpha value is -3.24. The molecule has 1 N–H and O–H groups in total. The van der Waals surface area contributed by atoms with Crippen LogP contribution in [-0.2, 0) is 14.8 Å². The van der Waals surface area contributed by atoms with Crippen molar-refractivity contribution in [1.29, 1.82) is 0 Å². The first-order valence-electron chi connectivity index (χ1n) is 10.8. The number of piperidine rings is 1. The number of aromatic nitrogens is 2. The van der Waals surface area contributed by atoms with Crippen molar-refractivity contribution < 1.29 is 22.5 Å².